The van der Waals surface area contributed by atoms with Crippen LogP contribution in [0.4, 0.5) is 5.69 Å². The Kier molecular flexibility index (Phi) is 5.50. The lowest BCUT2D eigenvalue weighted by atomic mass is 10.1. The quantitative estimate of drug-likeness (QED) is 0.438. The molecule has 0 heterocycles. The molecule has 0 amide bonds. The predicted octanol–water partition coefficient (Wildman–Crippen LogP) is 2.53. The minimum atomic E-state index is -0.311. The zero-order valence-electron chi connectivity index (χ0n) is 9.61. The van der Waals surface area contributed by atoms with Crippen LogP contribution in [0.3, 0.4) is 0 Å². The van der Waals surface area contributed by atoms with E-state index in [-0.39, 0.29) is 10.6 Å². The number of nitro groups is 1. The maximum Gasteiger partial charge on any atom is 0.272 e. The van der Waals surface area contributed by atoms with Crippen LogP contribution in [0, 0.1) is 10.1 Å². The second kappa shape index (κ2) is 6.95. The zero-order chi connectivity index (χ0) is 11.8. The average Bonchev–Trinajstić information content (AvgIpc) is 2.29. The number of nitrogens with one attached hydrogen (secondary N) is 1. The molecule has 0 radical (unpaired) electrons. The highest BCUT2D eigenvalue weighted by molar-refractivity contribution is 5.39. The van der Waals surface area contributed by atoms with E-state index in [1.54, 1.807) is 12.1 Å². The summed E-state index contributed by atoms with van der Waals surface area (Å²) in [5, 5.41) is 14.0. The van der Waals surface area contributed by atoms with Gasteiger partial charge in [0.25, 0.3) is 5.69 Å². The third-order valence-electron chi connectivity index (χ3n) is 2.41. The van der Waals surface area contributed by atoms with Gasteiger partial charge in [0.1, 0.15) is 0 Å². The molecule has 1 rings (SSSR count). The average molecular weight is 222 g/mol. The summed E-state index contributed by atoms with van der Waals surface area (Å²) in [6, 6.07) is 6.95. The second-order valence-electron chi connectivity index (χ2n) is 3.74. The summed E-state index contributed by atoms with van der Waals surface area (Å²) in [6.45, 7) is 4.05. The molecule has 0 aliphatic carbocycles. The summed E-state index contributed by atoms with van der Waals surface area (Å²) in [6.07, 6.45) is 2.81. The summed E-state index contributed by atoms with van der Waals surface area (Å²) in [4.78, 5) is 10.4. The number of aryl methyl sites for hydroxylation is 1. The summed E-state index contributed by atoms with van der Waals surface area (Å²) in [5.41, 5.74) is 1.06. The van der Waals surface area contributed by atoms with Crippen molar-refractivity contribution in [1.82, 2.24) is 5.32 Å². The molecule has 0 saturated heterocycles. The van der Waals surface area contributed by atoms with E-state index in [0.717, 1.165) is 37.9 Å². The molecule has 1 aromatic rings. The summed E-state index contributed by atoms with van der Waals surface area (Å²) >= 11 is 0. The minimum Gasteiger partial charge on any atom is -0.317 e. The number of rotatable bonds is 7. The summed E-state index contributed by atoms with van der Waals surface area (Å²) < 4.78 is 0. The van der Waals surface area contributed by atoms with Crippen LogP contribution in [0.1, 0.15) is 25.3 Å². The number of nitro benzene ring substituents is 1. The van der Waals surface area contributed by atoms with Gasteiger partial charge < -0.3 is 5.32 Å². The first-order valence-corrected chi connectivity index (χ1v) is 5.68. The lowest BCUT2D eigenvalue weighted by molar-refractivity contribution is -0.385. The highest BCUT2D eigenvalue weighted by atomic mass is 16.6. The molecule has 0 bridgehead atoms. The fraction of sp³-hybridized carbons (Fsp3) is 0.500. The van der Waals surface area contributed by atoms with Crippen LogP contribution in [0.2, 0.25) is 0 Å². The molecule has 0 atom stereocenters. The third kappa shape index (κ3) is 3.98. The lowest BCUT2D eigenvalue weighted by Crippen LogP contribution is -2.16. The fourth-order valence-electron chi connectivity index (χ4n) is 1.61. The Labute approximate surface area is 95.8 Å². The predicted molar refractivity (Wildman–Crippen MR) is 64.6 cm³/mol. The van der Waals surface area contributed by atoms with E-state index in [1.165, 1.54) is 0 Å². The van der Waals surface area contributed by atoms with Gasteiger partial charge in [0.2, 0.25) is 0 Å². The van der Waals surface area contributed by atoms with Gasteiger partial charge in [-0.05, 0) is 32.4 Å². The molecule has 4 nitrogen and oxygen atoms in total. The van der Waals surface area contributed by atoms with Crippen molar-refractivity contribution in [3.63, 3.8) is 0 Å². The fourth-order valence-corrected chi connectivity index (χ4v) is 1.61. The molecule has 0 saturated carbocycles. The van der Waals surface area contributed by atoms with Gasteiger partial charge >= 0.3 is 0 Å². The van der Waals surface area contributed by atoms with Crippen LogP contribution in [-0.4, -0.2) is 18.0 Å². The van der Waals surface area contributed by atoms with Gasteiger partial charge in [-0.3, -0.25) is 10.1 Å². The molecule has 4 heteroatoms. The van der Waals surface area contributed by atoms with Crippen LogP contribution in [0.25, 0.3) is 0 Å². The summed E-state index contributed by atoms with van der Waals surface area (Å²) in [7, 11) is 0. The number of para-hydroxylation sites is 1. The van der Waals surface area contributed by atoms with E-state index in [1.807, 2.05) is 12.1 Å². The van der Waals surface area contributed by atoms with Crippen molar-refractivity contribution in [2.24, 2.45) is 0 Å². The molecule has 0 spiro atoms. The Bertz CT molecular complexity index is 340. The first-order chi connectivity index (χ1) is 7.75. The Morgan fingerprint density at radius 1 is 1.31 bits per heavy atom. The highest BCUT2D eigenvalue weighted by Crippen LogP contribution is 2.18. The van der Waals surface area contributed by atoms with Crippen molar-refractivity contribution >= 4 is 5.69 Å². The maximum atomic E-state index is 10.7. The minimum absolute atomic E-state index is 0.234. The zero-order valence-corrected chi connectivity index (χ0v) is 9.61. The van der Waals surface area contributed by atoms with E-state index >= 15 is 0 Å². The van der Waals surface area contributed by atoms with Gasteiger partial charge in [-0.2, -0.15) is 0 Å². The van der Waals surface area contributed by atoms with Crippen molar-refractivity contribution < 1.29 is 4.92 Å². The summed E-state index contributed by atoms with van der Waals surface area (Å²) in [5.74, 6) is 0. The molecular weight excluding hydrogens is 204 g/mol. The molecule has 0 aliphatic rings. The van der Waals surface area contributed by atoms with Crippen molar-refractivity contribution in [1.29, 1.82) is 0 Å². The van der Waals surface area contributed by atoms with E-state index in [2.05, 4.69) is 12.2 Å². The monoisotopic (exact) mass is 222 g/mol. The van der Waals surface area contributed by atoms with Crippen LogP contribution in [-0.2, 0) is 6.42 Å². The van der Waals surface area contributed by atoms with Gasteiger partial charge in [-0.1, -0.05) is 25.1 Å². The lowest BCUT2D eigenvalue weighted by Gasteiger charge is -2.04. The number of hydrogen-bond donors (Lipinski definition) is 1. The molecule has 1 aromatic carbocycles. The van der Waals surface area contributed by atoms with Crippen molar-refractivity contribution in [2.45, 2.75) is 26.2 Å². The van der Waals surface area contributed by atoms with Crippen LogP contribution in [0.5, 0.6) is 0 Å². The number of hydrogen-bond acceptors (Lipinski definition) is 3. The standard InChI is InChI=1S/C12H18N2O2/c1-2-9-13-10-5-7-11-6-3-4-8-12(11)14(15)16/h3-4,6,8,13H,2,5,7,9-10H2,1H3. The van der Waals surface area contributed by atoms with Gasteiger partial charge in [-0.25, -0.2) is 0 Å². The topological polar surface area (TPSA) is 55.2 Å². The smallest absolute Gasteiger partial charge is 0.272 e. The normalized spacial score (nSPS) is 10.3. The molecule has 0 aromatic heterocycles. The Hall–Kier alpha value is -1.42. The van der Waals surface area contributed by atoms with E-state index < -0.39 is 0 Å². The Balaban J connectivity index is 2.44. The van der Waals surface area contributed by atoms with E-state index in [4.69, 9.17) is 0 Å². The maximum absolute atomic E-state index is 10.7. The largest absolute Gasteiger partial charge is 0.317 e. The van der Waals surface area contributed by atoms with E-state index in [0.29, 0.717) is 0 Å². The highest BCUT2D eigenvalue weighted by Gasteiger charge is 2.10. The molecule has 0 aliphatic heterocycles. The van der Waals surface area contributed by atoms with Gasteiger partial charge in [0.05, 0.1) is 4.92 Å². The van der Waals surface area contributed by atoms with Crippen molar-refractivity contribution in [3.05, 3.63) is 39.9 Å². The molecule has 1 N–H and O–H groups in total. The first-order valence-electron chi connectivity index (χ1n) is 5.68. The second-order valence-corrected chi connectivity index (χ2v) is 3.74. The van der Waals surface area contributed by atoms with Gasteiger partial charge in [0.15, 0.2) is 0 Å². The molecule has 88 valence electrons. The van der Waals surface area contributed by atoms with Crippen LogP contribution < -0.4 is 5.32 Å². The van der Waals surface area contributed by atoms with Crippen LogP contribution in [0.15, 0.2) is 24.3 Å². The molecule has 0 fully saturated rings. The van der Waals surface area contributed by atoms with Gasteiger partial charge in [0, 0.05) is 11.6 Å². The Morgan fingerprint density at radius 3 is 2.75 bits per heavy atom. The number of nitrogens with zero attached hydrogens (tertiary/aromatic N) is 1. The van der Waals surface area contributed by atoms with E-state index in [9.17, 15) is 10.1 Å². The molecular formula is C12H18N2O2. The first kappa shape index (κ1) is 12.6. The SMILES string of the molecule is CCCNCCCc1ccccc1[N+](=O)[O-]. The van der Waals surface area contributed by atoms with Crippen LogP contribution >= 0.6 is 0 Å². The Morgan fingerprint density at radius 2 is 2.06 bits per heavy atom. The third-order valence-corrected chi connectivity index (χ3v) is 2.41. The van der Waals surface area contributed by atoms with Crippen molar-refractivity contribution in [3.8, 4) is 0 Å². The van der Waals surface area contributed by atoms with Crippen molar-refractivity contribution in [2.75, 3.05) is 13.1 Å². The number of benzene rings is 1. The van der Waals surface area contributed by atoms with Gasteiger partial charge in [-0.15, -0.1) is 0 Å². The molecule has 16 heavy (non-hydrogen) atoms. The molecule has 0 unspecified atom stereocenters.